The van der Waals surface area contributed by atoms with Crippen LogP contribution < -0.4 is 4.74 Å². The Morgan fingerprint density at radius 1 is 1.27 bits per heavy atom. The van der Waals surface area contributed by atoms with E-state index >= 15 is 0 Å². The first-order chi connectivity index (χ1) is 10.6. The number of hydrogen-bond donors (Lipinski definition) is 0. The number of benzene rings is 1. The van der Waals surface area contributed by atoms with Crippen molar-refractivity contribution in [1.82, 2.24) is 4.90 Å². The van der Waals surface area contributed by atoms with Gasteiger partial charge in [0.2, 0.25) is 5.91 Å². The number of ketones is 1. The van der Waals surface area contributed by atoms with Crippen molar-refractivity contribution in [2.45, 2.75) is 12.1 Å². The predicted octanol–water partition coefficient (Wildman–Crippen LogP) is 1.61. The SMILES string of the molecule is COc1ccccc1CN1C(=O)C(C#N)C12C=CC(=O)C=C2. The van der Waals surface area contributed by atoms with E-state index in [-0.39, 0.29) is 11.7 Å². The molecule has 1 saturated heterocycles. The first-order valence-electron chi connectivity index (χ1n) is 6.88. The molecule has 1 aliphatic heterocycles. The molecule has 0 saturated carbocycles. The topological polar surface area (TPSA) is 70.4 Å². The number of amides is 1. The maximum Gasteiger partial charge on any atom is 0.244 e. The standard InChI is InChI=1S/C17H14N2O3/c1-22-15-5-3-2-4-12(15)11-19-16(21)14(10-18)17(19)8-6-13(20)7-9-17/h2-9,14H,11H2,1H3. The van der Waals surface area contributed by atoms with Gasteiger partial charge in [-0.15, -0.1) is 0 Å². The maximum atomic E-state index is 12.3. The average molecular weight is 294 g/mol. The van der Waals surface area contributed by atoms with Crippen molar-refractivity contribution in [3.63, 3.8) is 0 Å². The van der Waals surface area contributed by atoms with Crippen molar-refractivity contribution in [3.05, 3.63) is 54.1 Å². The highest BCUT2D eigenvalue weighted by atomic mass is 16.5. The number of β-lactam (4-membered cyclic amide) rings is 1. The molecule has 5 heteroatoms. The van der Waals surface area contributed by atoms with Crippen LogP contribution in [0.3, 0.4) is 0 Å². The number of likely N-dealkylation sites (tertiary alicyclic amines) is 1. The van der Waals surface area contributed by atoms with Gasteiger partial charge in [0.1, 0.15) is 11.3 Å². The highest BCUT2D eigenvalue weighted by molar-refractivity contribution is 6.03. The van der Waals surface area contributed by atoms with E-state index in [0.717, 1.165) is 5.56 Å². The molecule has 1 fully saturated rings. The third kappa shape index (κ3) is 1.92. The summed E-state index contributed by atoms with van der Waals surface area (Å²) in [6, 6.07) is 9.46. The molecule has 2 aliphatic rings. The van der Waals surface area contributed by atoms with E-state index in [9.17, 15) is 14.9 Å². The van der Waals surface area contributed by atoms with Gasteiger partial charge in [-0.2, -0.15) is 5.26 Å². The van der Waals surface area contributed by atoms with Gasteiger partial charge in [-0.05, 0) is 30.4 Å². The van der Waals surface area contributed by atoms with Gasteiger partial charge in [0.25, 0.3) is 0 Å². The number of methoxy groups -OCH3 is 1. The fourth-order valence-electron chi connectivity index (χ4n) is 2.93. The van der Waals surface area contributed by atoms with Crippen molar-refractivity contribution >= 4 is 11.7 Å². The third-order valence-electron chi connectivity index (χ3n) is 4.12. The van der Waals surface area contributed by atoms with E-state index in [4.69, 9.17) is 4.74 Å². The molecule has 5 nitrogen and oxygen atoms in total. The molecule has 1 aromatic rings. The zero-order chi connectivity index (χ0) is 15.7. The third-order valence-corrected chi connectivity index (χ3v) is 4.12. The lowest BCUT2D eigenvalue weighted by Crippen LogP contribution is -2.68. The number of nitriles is 1. The van der Waals surface area contributed by atoms with Crippen LogP contribution in [0.25, 0.3) is 0 Å². The van der Waals surface area contributed by atoms with Gasteiger partial charge < -0.3 is 9.64 Å². The Morgan fingerprint density at radius 3 is 2.59 bits per heavy atom. The summed E-state index contributed by atoms with van der Waals surface area (Å²) in [5, 5.41) is 9.25. The molecule has 0 bridgehead atoms. The second kappa shape index (κ2) is 5.15. The second-order valence-corrected chi connectivity index (χ2v) is 5.25. The van der Waals surface area contributed by atoms with E-state index in [1.165, 1.54) is 12.2 Å². The molecule has 1 aromatic carbocycles. The number of allylic oxidation sites excluding steroid dienone is 2. The number of carbonyl (C=O) groups excluding carboxylic acids is 2. The lowest BCUT2D eigenvalue weighted by Gasteiger charge is -2.52. The number of nitrogens with zero attached hydrogens (tertiary/aromatic N) is 2. The molecule has 0 radical (unpaired) electrons. The monoisotopic (exact) mass is 294 g/mol. The molecular formula is C17H14N2O3. The Labute approximate surface area is 128 Å². The van der Waals surface area contributed by atoms with E-state index < -0.39 is 11.5 Å². The minimum absolute atomic E-state index is 0.140. The van der Waals surface area contributed by atoms with Gasteiger partial charge >= 0.3 is 0 Å². The molecule has 1 heterocycles. The van der Waals surface area contributed by atoms with Gasteiger partial charge in [0.05, 0.1) is 19.7 Å². The largest absolute Gasteiger partial charge is 0.496 e. The van der Waals surface area contributed by atoms with E-state index in [2.05, 4.69) is 0 Å². The Hall–Kier alpha value is -2.87. The van der Waals surface area contributed by atoms with Gasteiger partial charge in [0, 0.05) is 5.56 Å². The maximum absolute atomic E-state index is 12.3. The molecule has 1 atom stereocenters. The van der Waals surface area contributed by atoms with Crippen LogP contribution >= 0.6 is 0 Å². The van der Waals surface area contributed by atoms with Crippen LogP contribution in [-0.4, -0.2) is 29.2 Å². The Kier molecular flexibility index (Phi) is 3.30. The zero-order valence-electron chi connectivity index (χ0n) is 12.0. The van der Waals surface area contributed by atoms with E-state index in [1.54, 1.807) is 24.2 Å². The minimum Gasteiger partial charge on any atom is -0.496 e. The molecule has 1 aliphatic carbocycles. The lowest BCUT2D eigenvalue weighted by molar-refractivity contribution is -0.157. The fraction of sp³-hybridized carbons (Fsp3) is 0.235. The number of hydrogen-bond acceptors (Lipinski definition) is 4. The molecule has 110 valence electrons. The molecule has 0 aromatic heterocycles. The highest BCUT2D eigenvalue weighted by Gasteiger charge is 2.58. The number of ether oxygens (including phenoxy) is 1. The highest BCUT2D eigenvalue weighted by Crippen LogP contribution is 2.43. The van der Waals surface area contributed by atoms with Gasteiger partial charge in [-0.1, -0.05) is 18.2 Å². The van der Waals surface area contributed by atoms with Crippen molar-refractivity contribution in [2.75, 3.05) is 7.11 Å². The summed E-state index contributed by atoms with van der Waals surface area (Å²) in [6.45, 7) is 0.323. The Morgan fingerprint density at radius 2 is 1.95 bits per heavy atom. The van der Waals surface area contributed by atoms with E-state index in [1.807, 2.05) is 30.3 Å². The number of rotatable bonds is 3. The predicted molar refractivity (Wildman–Crippen MR) is 78.7 cm³/mol. The normalized spacial score (nSPS) is 21.6. The lowest BCUT2D eigenvalue weighted by atomic mass is 9.71. The number of para-hydroxylation sites is 1. The summed E-state index contributed by atoms with van der Waals surface area (Å²) in [7, 11) is 1.57. The molecule has 1 amide bonds. The van der Waals surface area contributed by atoms with E-state index in [0.29, 0.717) is 12.3 Å². The average Bonchev–Trinajstić information content (AvgIpc) is 2.55. The molecule has 1 spiro atoms. The molecule has 0 N–H and O–H groups in total. The minimum atomic E-state index is -0.833. The first kappa shape index (κ1) is 14.1. The summed E-state index contributed by atoms with van der Waals surface area (Å²) in [4.78, 5) is 25.2. The Balaban J connectivity index is 1.95. The van der Waals surface area contributed by atoms with Gasteiger partial charge in [-0.25, -0.2) is 0 Å². The van der Waals surface area contributed by atoms with Crippen molar-refractivity contribution in [2.24, 2.45) is 5.92 Å². The Bertz CT molecular complexity index is 727. The quantitative estimate of drug-likeness (QED) is 0.794. The van der Waals surface area contributed by atoms with Crippen LogP contribution in [0, 0.1) is 17.2 Å². The van der Waals surface area contributed by atoms with Crippen molar-refractivity contribution in [3.8, 4) is 11.8 Å². The first-order valence-corrected chi connectivity index (χ1v) is 6.88. The molecule has 3 rings (SSSR count). The molecular weight excluding hydrogens is 280 g/mol. The fourth-order valence-corrected chi connectivity index (χ4v) is 2.93. The summed E-state index contributed by atoms with van der Waals surface area (Å²) < 4.78 is 5.30. The van der Waals surface area contributed by atoms with Crippen LogP contribution in [0.2, 0.25) is 0 Å². The van der Waals surface area contributed by atoms with Crippen LogP contribution in [0.15, 0.2) is 48.6 Å². The summed E-state index contributed by atoms with van der Waals surface area (Å²) in [5.41, 5.74) is 0.0217. The summed E-state index contributed by atoms with van der Waals surface area (Å²) in [5.74, 6) is -0.482. The summed E-state index contributed by atoms with van der Waals surface area (Å²) >= 11 is 0. The number of carbonyl (C=O) groups is 2. The second-order valence-electron chi connectivity index (χ2n) is 5.25. The van der Waals surface area contributed by atoms with Crippen molar-refractivity contribution in [1.29, 1.82) is 5.26 Å². The van der Waals surface area contributed by atoms with Crippen LogP contribution in [-0.2, 0) is 16.1 Å². The van der Waals surface area contributed by atoms with Crippen LogP contribution in [0.5, 0.6) is 5.75 Å². The van der Waals surface area contributed by atoms with Crippen molar-refractivity contribution < 1.29 is 14.3 Å². The van der Waals surface area contributed by atoms with Crippen LogP contribution in [0.1, 0.15) is 5.56 Å². The smallest absolute Gasteiger partial charge is 0.244 e. The zero-order valence-corrected chi connectivity index (χ0v) is 12.0. The molecule has 1 unspecified atom stereocenters. The summed E-state index contributed by atoms with van der Waals surface area (Å²) in [6.07, 6.45) is 6.10. The van der Waals surface area contributed by atoms with Gasteiger partial charge in [-0.3, -0.25) is 9.59 Å². The molecule has 22 heavy (non-hydrogen) atoms. The van der Waals surface area contributed by atoms with Crippen LogP contribution in [0.4, 0.5) is 0 Å². The van der Waals surface area contributed by atoms with Gasteiger partial charge in [0.15, 0.2) is 11.7 Å².